The second kappa shape index (κ2) is 4.99. The van der Waals surface area contributed by atoms with Gasteiger partial charge in [0, 0.05) is 25.7 Å². The van der Waals surface area contributed by atoms with Crippen LogP contribution in [0.25, 0.3) is 21.9 Å². The van der Waals surface area contributed by atoms with Gasteiger partial charge in [-0.05, 0) is 24.3 Å². The molecule has 6 heteroatoms. The van der Waals surface area contributed by atoms with Crippen LogP contribution in [0.4, 0.5) is 8.78 Å². The summed E-state index contributed by atoms with van der Waals surface area (Å²) in [6.07, 6.45) is 1.59. The van der Waals surface area contributed by atoms with E-state index in [1.165, 1.54) is 24.3 Å². The van der Waals surface area contributed by atoms with E-state index in [2.05, 4.69) is 4.98 Å². The SMILES string of the molecule is Cn1cc(C(=O)c2nc3ccc(F)cc3n2C)c2cccc(F)c21. The number of imidazole rings is 1. The summed E-state index contributed by atoms with van der Waals surface area (Å²) in [7, 11) is 3.35. The van der Waals surface area contributed by atoms with Crippen molar-refractivity contribution in [2.24, 2.45) is 14.1 Å². The third-order valence-electron chi connectivity index (χ3n) is 4.24. The highest BCUT2D eigenvalue weighted by atomic mass is 19.1. The molecule has 0 aliphatic heterocycles. The van der Waals surface area contributed by atoms with Crippen LogP contribution in [0.2, 0.25) is 0 Å². The van der Waals surface area contributed by atoms with Gasteiger partial charge in [0.25, 0.3) is 0 Å². The summed E-state index contributed by atoms with van der Waals surface area (Å²) in [5, 5.41) is 0.528. The van der Waals surface area contributed by atoms with E-state index < -0.39 is 5.82 Å². The molecule has 4 nitrogen and oxygen atoms in total. The van der Waals surface area contributed by atoms with Gasteiger partial charge in [-0.3, -0.25) is 4.79 Å². The molecule has 0 amide bonds. The molecular formula is C18H13F2N3O. The number of hydrogen-bond acceptors (Lipinski definition) is 2. The second-order valence-corrected chi connectivity index (χ2v) is 5.75. The monoisotopic (exact) mass is 325 g/mol. The Morgan fingerprint density at radius 2 is 1.92 bits per heavy atom. The van der Waals surface area contributed by atoms with E-state index in [0.717, 1.165) is 0 Å². The number of carbonyl (C=O) groups excluding carboxylic acids is 1. The van der Waals surface area contributed by atoms with E-state index in [0.29, 0.717) is 27.5 Å². The van der Waals surface area contributed by atoms with Crippen molar-refractivity contribution in [2.45, 2.75) is 0 Å². The Balaban J connectivity index is 1.94. The maximum atomic E-state index is 14.0. The van der Waals surface area contributed by atoms with Gasteiger partial charge in [0.15, 0.2) is 5.82 Å². The summed E-state index contributed by atoms with van der Waals surface area (Å²) < 4.78 is 30.6. The fourth-order valence-corrected chi connectivity index (χ4v) is 3.09. The molecule has 2 aromatic carbocycles. The lowest BCUT2D eigenvalue weighted by Crippen LogP contribution is -2.08. The quantitative estimate of drug-likeness (QED) is 0.529. The molecule has 24 heavy (non-hydrogen) atoms. The van der Waals surface area contributed by atoms with Crippen LogP contribution in [-0.2, 0) is 14.1 Å². The molecule has 0 spiro atoms. The minimum atomic E-state index is -0.392. The summed E-state index contributed by atoms with van der Waals surface area (Å²) in [5.41, 5.74) is 1.80. The summed E-state index contributed by atoms with van der Waals surface area (Å²) in [6, 6.07) is 8.80. The number of rotatable bonds is 2. The fourth-order valence-electron chi connectivity index (χ4n) is 3.09. The van der Waals surface area contributed by atoms with Crippen LogP contribution >= 0.6 is 0 Å². The van der Waals surface area contributed by atoms with Gasteiger partial charge in [-0.25, -0.2) is 13.8 Å². The number of benzene rings is 2. The maximum Gasteiger partial charge on any atom is 0.230 e. The summed E-state index contributed by atoms with van der Waals surface area (Å²) in [6.45, 7) is 0. The Hall–Kier alpha value is -3.02. The highest BCUT2D eigenvalue weighted by Gasteiger charge is 2.22. The van der Waals surface area contributed by atoms with Gasteiger partial charge in [0.1, 0.15) is 11.6 Å². The average molecular weight is 325 g/mol. The van der Waals surface area contributed by atoms with Crippen LogP contribution in [0, 0.1) is 11.6 Å². The van der Waals surface area contributed by atoms with Crippen LogP contribution in [0.5, 0.6) is 0 Å². The van der Waals surface area contributed by atoms with Gasteiger partial charge in [0.2, 0.25) is 5.78 Å². The summed E-state index contributed by atoms with van der Waals surface area (Å²) >= 11 is 0. The Labute approximate surface area is 135 Å². The van der Waals surface area contributed by atoms with Crippen LogP contribution in [0.1, 0.15) is 16.2 Å². The Morgan fingerprint density at radius 1 is 1.12 bits per heavy atom. The summed E-state index contributed by atoms with van der Waals surface area (Å²) in [4.78, 5) is 17.3. The molecule has 0 unspecified atom stereocenters. The minimum Gasteiger partial charge on any atom is -0.347 e. The molecule has 2 aromatic heterocycles. The molecule has 0 radical (unpaired) electrons. The molecule has 0 saturated carbocycles. The fraction of sp³-hybridized carbons (Fsp3) is 0.111. The molecule has 4 rings (SSSR count). The maximum absolute atomic E-state index is 14.0. The van der Waals surface area contributed by atoms with Crippen LogP contribution in [-0.4, -0.2) is 19.9 Å². The first-order chi connectivity index (χ1) is 11.5. The lowest BCUT2D eigenvalue weighted by Gasteiger charge is -2.01. The first kappa shape index (κ1) is 14.6. The van der Waals surface area contributed by atoms with E-state index in [4.69, 9.17) is 0 Å². The highest BCUT2D eigenvalue weighted by Crippen LogP contribution is 2.26. The second-order valence-electron chi connectivity index (χ2n) is 5.75. The van der Waals surface area contributed by atoms with E-state index in [-0.39, 0.29) is 17.4 Å². The molecule has 0 aliphatic carbocycles. The number of aryl methyl sites for hydroxylation is 2. The van der Waals surface area contributed by atoms with Crippen LogP contribution < -0.4 is 0 Å². The largest absolute Gasteiger partial charge is 0.347 e. The van der Waals surface area contributed by atoms with Gasteiger partial charge in [0.05, 0.1) is 22.1 Å². The van der Waals surface area contributed by atoms with Gasteiger partial charge < -0.3 is 9.13 Å². The number of carbonyl (C=O) groups is 1. The topological polar surface area (TPSA) is 39.8 Å². The lowest BCUT2D eigenvalue weighted by atomic mass is 10.1. The normalized spacial score (nSPS) is 11.5. The zero-order chi connectivity index (χ0) is 17.0. The number of hydrogen-bond donors (Lipinski definition) is 0. The first-order valence-electron chi connectivity index (χ1n) is 7.37. The third kappa shape index (κ3) is 1.96. The van der Waals surface area contributed by atoms with Crippen molar-refractivity contribution >= 4 is 27.7 Å². The molecule has 0 aliphatic rings. The van der Waals surface area contributed by atoms with Gasteiger partial charge in [-0.1, -0.05) is 12.1 Å². The Morgan fingerprint density at radius 3 is 2.71 bits per heavy atom. The van der Waals surface area contributed by atoms with Crippen LogP contribution in [0.15, 0.2) is 42.6 Å². The molecule has 4 aromatic rings. The lowest BCUT2D eigenvalue weighted by molar-refractivity contribution is 0.102. The van der Waals surface area contributed by atoms with Gasteiger partial charge in [-0.15, -0.1) is 0 Å². The van der Waals surface area contributed by atoms with E-state index in [1.807, 2.05) is 0 Å². The number of aromatic nitrogens is 3. The third-order valence-corrected chi connectivity index (χ3v) is 4.24. The standard InChI is InChI=1S/C18H13F2N3O/c1-22-9-12(11-4-3-5-13(20)16(11)22)17(24)18-21-14-7-6-10(19)8-15(14)23(18)2/h3-9H,1-2H3. The molecule has 0 atom stereocenters. The Kier molecular flexibility index (Phi) is 3.03. The molecule has 0 fully saturated rings. The van der Waals surface area contributed by atoms with E-state index in [1.54, 1.807) is 41.6 Å². The number of ketones is 1. The predicted octanol–water partition coefficient (Wildman–Crippen LogP) is 3.57. The van der Waals surface area contributed by atoms with Crippen molar-refractivity contribution in [2.75, 3.05) is 0 Å². The first-order valence-corrected chi connectivity index (χ1v) is 7.37. The van der Waals surface area contributed by atoms with E-state index in [9.17, 15) is 13.6 Å². The van der Waals surface area contributed by atoms with Gasteiger partial charge >= 0.3 is 0 Å². The molecule has 2 heterocycles. The van der Waals surface area contributed by atoms with Crippen molar-refractivity contribution in [1.82, 2.24) is 14.1 Å². The van der Waals surface area contributed by atoms with Crippen molar-refractivity contribution in [3.8, 4) is 0 Å². The smallest absolute Gasteiger partial charge is 0.230 e. The Bertz CT molecular complexity index is 1120. The predicted molar refractivity (Wildman–Crippen MR) is 87.0 cm³/mol. The average Bonchev–Trinajstić information content (AvgIpc) is 3.06. The number of nitrogens with zero attached hydrogens (tertiary/aromatic N) is 3. The minimum absolute atomic E-state index is 0.187. The highest BCUT2D eigenvalue weighted by molar-refractivity contribution is 6.15. The molecule has 0 N–H and O–H groups in total. The zero-order valence-electron chi connectivity index (χ0n) is 13.0. The van der Waals surface area contributed by atoms with Crippen molar-refractivity contribution in [3.63, 3.8) is 0 Å². The number of para-hydroxylation sites is 1. The number of halogens is 2. The van der Waals surface area contributed by atoms with Crippen LogP contribution in [0.3, 0.4) is 0 Å². The van der Waals surface area contributed by atoms with Crippen molar-refractivity contribution < 1.29 is 13.6 Å². The molecule has 120 valence electrons. The van der Waals surface area contributed by atoms with Crippen molar-refractivity contribution in [1.29, 1.82) is 0 Å². The molecule has 0 saturated heterocycles. The zero-order valence-corrected chi connectivity index (χ0v) is 13.0. The van der Waals surface area contributed by atoms with Crippen molar-refractivity contribution in [3.05, 3.63) is 65.6 Å². The summed E-state index contributed by atoms with van der Waals surface area (Å²) in [5.74, 6) is -0.921. The number of fused-ring (bicyclic) bond motifs is 2. The van der Waals surface area contributed by atoms with E-state index >= 15 is 0 Å². The van der Waals surface area contributed by atoms with Gasteiger partial charge in [-0.2, -0.15) is 0 Å². The molecule has 0 bridgehead atoms. The molecular weight excluding hydrogens is 312 g/mol.